The molecule has 0 spiro atoms. The number of benzene rings is 2. The molecular weight excluding hydrogens is 508 g/mol. The quantitative estimate of drug-likeness (QED) is 0.357. The summed E-state index contributed by atoms with van der Waals surface area (Å²) >= 11 is 0. The maximum atomic E-state index is 12.9. The third-order valence-corrected chi connectivity index (χ3v) is 6.79. The van der Waals surface area contributed by atoms with Gasteiger partial charge in [-0.05, 0) is 36.6 Å². The predicted octanol–water partition coefficient (Wildman–Crippen LogP) is 3.22. The number of ether oxygens (including phenoxy) is 1. The lowest BCUT2D eigenvalue weighted by Gasteiger charge is -2.32. The molecular formula is C30H36N6O4. The second-order valence-electron chi connectivity index (χ2n) is 9.66. The molecule has 210 valence electrons. The molecule has 0 radical (unpaired) electrons. The molecule has 10 heteroatoms. The Morgan fingerprint density at radius 2 is 1.68 bits per heavy atom. The van der Waals surface area contributed by atoms with E-state index >= 15 is 0 Å². The number of carbonyl (C=O) groups excluding carboxylic acids is 3. The molecule has 1 aliphatic heterocycles. The number of para-hydroxylation sites is 1. The fourth-order valence-electron chi connectivity index (χ4n) is 4.55. The van der Waals surface area contributed by atoms with E-state index in [0.29, 0.717) is 44.7 Å². The summed E-state index contributed by atoms with van der Waals surface area (Å²) in [6.07, 6.45) is 0.801. The number of anilines is 1. The van der Waals surface area contributed by atoms with E-state index in [1.54, 1.807) is 30.1 Å². The molecule has 3 aromatic rings. The van der Waals surface area contributed by atoms with Gasteiger partial charge in [-0.15, -0.1) is 0 Å². The van der Waals surface area contributed by atoms with Crippen LogP contribution in [0.25, 0.3) is 11.1 Å². The summed E-state index contributed by atoms with van der Waals surface area (Å²) in [4.78, 5) is 45.7. The molecule has 2 aromatic carbocycles. The normalized spacial score (nSPS) is 13.8. The van der Waals surface area contributed by atoms with Crippen molar-refractivity contribution in [2.24, 2.45) is 5.73 Å². The Kier molecular flexibility index (Phi) is 10.2. The number of nitrogens with zero attached hydrogens (tertiary/aromatic N) is 3. The van der Waals surface area contributed by atoms with Crippen LogP contribution in [0.3, 0.4) is 0 Å². The first-order valence-electron chi connectivity index (χ1n) is 13.5. The van der Waals surface area contributed by atoms with Gasteiger partial charge in [0.25, 0.3) is 11.8 Å². The minimum absolute atomic E-state index is 0.170. The minimum atomic E-state index is -0.460. The van der Waals surface area contributed by atoms with Gasteiger partial charge in [-0.3, -0.25) is 14.9 Å². The second-order valence-corrected chi connectivity index (χ2v) is 9.66. The Labute approximate surface area is 234 Å². The van der Waals surface area contributed by atoms with Crippen molar-refractivity contribution < 1.29 is 19.1 Å². The molecule has 0 saturated carbocycles. The number of hydrogen-bond donors (Lipinski definition) is 3. The molecule has 4 N–H and O–H groups in total. The number of rotatable bonds is 10. The van der Waals surface area contributed by atoms with Gasteiger partial charge < -0.3 is 25.6 Å². The number of amides is 3. The molecule has 1 aliphatic rings. The Morgan fingerprint density at radius 3 is 2.42 bits per heavy atom. The van der Waals surface area contributed by atoms with Crippen LogP contribution in [0.15, 0.2) is 72.8 Å². The zero-order chi connectivity index (χ0) is 28.3. The molecule has 1 aromatic heterocycles. The van der Waals surface area contributed by atoms with E-state index in [1.165, 1.54) is 0 Å². The molecule has 0 aliphatic carbocycles. The van der Waals surface area contributed by atoms with Crippen molar-refractivity contribution in [3.05, 3.63) is 84.2 Å². The number of aromatic nitrogens is 1. The minimum Gasteiger partial charge on any atom is -0.446 e. The molecule has 10 nitrogen and oxygen atoms in total. The molecule has 40 heavy (non-hydrogen) atoms. The SMILES string of the molecule is CN(CCN1CCC(OC(=O)Nc2ccccc2-c2ccccc2)CC1)C(=O)c1cccc(C(=O)NCCN)n1. The van der Waals surface area contributed by atoms with Gasteiger partial charge >= 0.3 is 6.09 Å². The van der Waals surface area contributed by atoms with E-state index in [2.05, 4.69) is 20.5 Å². The molecule has 3 amide bonds. The van der Waals surface area contributed by atoms with Gasteiger partial charge in [-0.25, -0.2) is 9.78 Å². The summed E-state index contributed by atoms with van der Waals surface area (Å²) in [7, 11) is 1.72. The Hall–Kier alpha value is -4.28. The van der Waals surface area contributed by atoms with Gasteiger partial charge in [0.15, 0.2) is 0 Å². The van der Waals surface area contributed by atoms with Gasteiger partial charge in [0, 0.05) is 51.9 Å². The van der Waals surface area contributed by atoms with E-state index in [0.717, 1.165) is 24.2 Å². The summed E-state index contributed by atoms with van der Waals surface area (Å²) in [5.74, 6) is -0.610. The molecule has 1 fully saturated rings. The Balaban J connectivity index is 1.21. The Morgan fingerprint density at radius 1 is 0.975 bits per heavy atom. The van der Waals surface area contributed by atoms with Crippen LogP contribution in [0, 0.1) is 0 Å². The lowest BCUT2D eigenvalue weighted by molar-refractivity contribution is 0.0539. The summed E-state index contributed by atoms with van der Waals surface area (Å²) in [5, 5.41) is 5.56. The van der Waals surface area contributed by atoms with Crippen LogP contribution in [-0.4, -0.2) is 85.1 Å². The molecule has 1 saturated heterocycles. The van der Waals surface area contributed by atoms with E-state index in [-0.39, 0.29) is 29.3 Å². The highest BCUT2D eigenvalue weighted by Gasteiger charge is 2.24. The number of hydrogen-bond acceptors (Lipinski definition) is 7. The van der Waals surface area contributed by atoms with Crippen LogP contribution >= 0.6 is 0 Å². The smallest absolute Gasteiger partial charge is 0.411 e. The lowest BCUT2D eigenvalue weighted by atomic mass is 10.0. The van der Waals surface area contributed by atoms with Gasteiger partial charge in [-0.2, -0.15) is 0 Å². The standard InChI is InChI=1S/C30H36N6O4/c1-35(29(38)27-13-7-12-26(33-27)28(37)32-17-16-31)20-21-36-18-14-23(15-19-36)40-30(39)34-25-11-6-5-10-24(25)22-8-3-2-4-9-22/h2-13,23H,14-21,31H2,1H3,(H,32,37)(H,34,39). The summed E-state index contributed by atoms with van der Waals surface area (Å²) in [6.45, 7) is 3.38. The topological polar surface area (TPSA) is 130 Å². The number of pyridine rings is 1. The zero-order valence-electron chi connectivity index (χ0n) is 22.7. The molecule has 0 bridgehead atoms. The van der Waals surface area contributed by atoms with Crippen molar-refractivity contribution in [2.75, 3.05) is 51.6 Å². The van der Waals surface area contributed by atoms with Crippen molar-refractivity contribution >= 4 is 23.6 Å². The van der Waals surface area contributed by atoms with Crippen molar-refractivity contribution in [3.63, 3.8) is 0 Å². The van der Waals surface area contributed by atoms with Crippen LogP contribution in [0.5, 0.6) is 0 Å². The lowest BCUT2D eigenvalue weighted by Crippen LogP contribution is -2.42. The van der Waals surface area contributed by atoms with Crippen LogP contribution in [0.4, 0.5) is 10.5 Å². The third-order valence-electron chi connectivity index (χ3n) is 6.79. The first-order valence-corrected chi connectivity index (χ1v) is 13.5. The van der Waals surface area contributed by atoms with Crippen LogP contribution in [0.1, 0.15) is 33.8 Å². The average Bonchev–Trinajstić information content (AvgIpc) is 2.99. The number of likely N-dealkylation sites (N-methyl/N-ethyl adjacent to an activating group) is 1. The highest BCUT2D eigenvalue weighted by Crippen LogP contribution is 2.28. The van der Waals surface area contributed by atoms with Gasteiger partial charge in [-0.1, -0.05) is 54.6 Å². The Bertz CT molecular complexity index is 1290. The van der Waals surface area contributed by atoms with E-state index in [9.17, 15) is 14.4 Å². The number of carbonyl (C=O) groups is 3. The fraction of sp³-hybridized carbons (Fsp3) is 0.333. The van der Waals surface area contributed by atoms with Crippen LogP contribution < -0.4 is 16.4 Å². The maximum absolute atomic E-state index is 12.9. The number of nitrogens with one attached hydrogen (secondary N) is 2. The summed E-state index contributed by atoms with van der Waals surface area (Å²) < 4.78 is 5.72. The monoisotopic (exact) mass is 544 g/mol. The van der Waals surface area contributed by atoms with E-state index in [1.807, 2.05) is 54.6 Å². The first-order chi connectivity index (χ1) is 19.4. The molecule has 0 unspecified atom stereocenters. The van der Waals surface area contributed by atoms with Gasteiger partial charge in [0.05, 0.1) is 5.69 Å². The van der Waals surface area contributed by atoms with Crippen LogP contribution in [0.2, 0.25) is 0 Å². The number of piperidine rings is 1. The number of likely N-dealkylation sites (tertiary alicyclic amines) is 1. The molecule has 0 atom stereocenters. The molecule has 4 rings (SSSR count). The van der Waals surface area contributed by atoms with Gasteiger partial charge in [0.2, 0.25) is 0 Å². The maximum Gasteiger partial charge on any atom is 0.411 e. The first kappa shape index (κ1) is 28.7. The average molecular weight is 545 g/mol. The van der Waals surface area contributed by atoms with Crippen LogP contribution in [-0.2, 0) is 4.74 Å². The van der Waals surface area contributed by atoms with Crippen molar-refractivity contribution in [3.8, 4) is 11.1 Å². The van der Waals surface area contributed by atoms with Crippen molar-refractivity contribution in [1.29, 1.82) is 0 Å². The van der Waals surface area contributed by atoms with Gasteiger partial charge in [0.1, 0.15) is 17.5 Å². The predicted molar refractivity (Wildman–Crippen MR) is 154 cm³/mol. The highest BCUT2D eigenvalue weighted by atomic mass is 16.6. The summed E-state index contributed by atoms with van der Waals surface area (Å²) in [5.41, 5.74) is 8.49. The fourth-order valence-corrected chi connectivity index (χ4v) is 4.55. The zero-order valence-corrected chi connectivity index (χ0v) is 22.7. The summed E-state index contributed by atoms with van der Waals surface area (Å²) in [6, 6.07) is 22.4. The largest absolute Gasteiger partial charge is 0.446 e. The highest BCUT2D eigenvalue weighted by molar-refractivity contribution is 5.96. The third kappa shape index (κ3) is 7.87. The van der Waals surface area contributed by atoms with E-state index < -0.39 is 6.09 Å². The number of nitrogens with two attached hydrogens (primary N) is 1. The van der Waals surface area contributed by atoms with Crippen molar-refractivity contribution in [2.45, 2.75) is 18.9 Å². The second kappa shape index (κ2) is 14.2. The van der Waals surface area contributed by atoms with E-state index in [4.69, 9.17) is 10.5 Å². The van der Waals surface area contributed by atoms with Crippen molar-refractivity contribution in [1.82, 2.24) is 20.1 Å². The molecule has 2 heterocycles.